The fraction of sp³-hybridized carbons (Fsp3) is 0.167. The van der Waals surface area contributed by atoms with Crippen LogP contribution in [0.3, 0.4) is 0 Å². The SMILES string of the molecule is O=C(NC1=NCCS1)c1cc2ccccc2s1. The number of nitrogens with one attached hydrogen (secondary N) is 1. The number of carbonyl (C=O) groups is 1. The van der Waals surface area contributed by atoms with Gasteiger partial charge in [0.25, 0.3) is 5.91 Å². The molecule has 1 aliphatic rings. The lowest BCUT2D eigenvalue weighted by molar-refractivity contribution is 0.0982. The number of amides is 1. The molecule has 0 fully saturated rings. The lowest BCUT2D eigenvalue weighted by Crippen LogP contribution is -2.26. The highest BCUT2D eigenvalue weighted by Gasteiger charge is 2.14. The minimum absolute atomic E-state index is 0.0562. The maximum Gasteiger partial charge on any atom is 0.267 e. The van der Waals surface area contributed by atoms with Crippen LogP contribution in [0.15, 0.2) is 35.3 Å². The standard InChI is InChI=1S/C12H10N2OS2/c15-11(14-12-13-5-6-16-12)10-7-8-3-1-2-4-9(8)17-10/h1-4,7H,5-6H2,(H,13,14,15). The number of rotatable bonds is 1. The van der Waals surface area contributed by atoms with E-state index in [2.05, 4.69) is 10.3 Å². The first-order valence-corrected chi connectivity index (χ1v) is 7.10. The van der Waals surface area contributed by atoms with Crippen LogP contribution in [0.25, 0.3) is 10.1 Å². The number of fused-ring (bicyclic) bond motifs is 1. The minimum Gasteiger partial charge on any atom is -0.301 e. The molecule has 0 unspecified atom stereocenters. The van der Waals surface area contributed by atoms with Gasteiger partial charge in [-0.1, -0.05) is 30.0 Å². The van der Waals surface area contributed by atoms with Gasteiger partial charge in [0, 0.05) is 10.5 Å². The minimum atomic E-state index is -0.0562. The summed E-state index contributed by atoms with van der Waals surface area (Å²) in [6, 6.07) is 9.93. The van der Waals surface area contributed by atoms with Gasteiger partial charge in [0.15, 0.2) is 5.17 Å². The van der Waals surface area contributed by atoms with Gasteiger partial charge in [0.1, 0.15) is 0 Å². The molecule has 0 aliphatic carbocycles. The summed E-state index contributed by atoms with van der Waals surface area (Å²) in [5, 5.41) is 4.70. The first kappa shape index (κ1) is 10.8. The van der Waals surface area contributed by atoms with Gasteiger partial charge >= 0.3 is 0 Å². The molecule has 0 saturated carbocycles. The van der Waals surface area contributed by atoms with Crippen molar-refractivity contribution in [3.05, 3.63) is 35.2 Å². The third-order valence-electron chi connectivity index (χ3n) is 2.46. The molecule has 1 N–H and O–H groups in total. The van der Waals surface area contributed by atoms with Crippen molar-refractivity contribution in [2.45, 2.75) is 0 Å². The van der Waals surface area contributed by atoms with Crippen LogP contribution in [0.1, 0.15) is 9.67 Å². The topological polar surface area (TPSA) is 41.5 Å². The smallest absolute Gasteiger partial charge is 0.267 e. The average Bonchev–Trinajstić information content (AvgIpc) is 2.96. The van der Waals surface area contributed by atoms with Crippen LogP contribution in [0.5, 0.6) is 0 Å². The van der Waals surface area contributed by atoms with Crippen molar-refractivity contribution in [1.82, 2.24) is 5.32 Å². The number of benzene rings is 1. The summed E-state index contributed by atoms with van der Waals surface area (Å²) in [6.07, 6.45) is 0. The van der Waals surface area contributed by atoms with Gasteiger partial charge in [-0.2, -0.15) is 0 Å². The Morgan fingerprint density at radius 1 is 1.35 bits per heavy atom. The van der Waals surface area contributed by atoms with Crippen molar-refractivity contribution < 1.29 is 4.79 Å². The quantitative estimate of drug-likeness (QED) is 0.858. The number of amidine groups is 1. The monoisotopic (exact) mass is 262 g/mol. The van der Waals surface area contributed by atoms with Crippen molar-refractivity contribution in [2.75, 3.05) is 12.3 Å². The van der Waals surface area contributed by atoms with E-state index < -0.39 is 0 Å². The van der Waals surface area contributed by atoms with Gasteiger partial charge in [-0.15, -0.1) is 11.3 Å². The zero-order valence-electron chi connectivity index (χ0n) is 8.97. The van der Waals surface area contributed by atoms with Gasteiger partial charge in [0.2, 0.25) is 0 Å². The highest BCUT2D eigenvalue weighted by molar-refractivity contribution is 8.14. The van der Waals surface area contributed by atoms with E-state index in [-0.39, 0.29) is 5.91 Å². The highest BCUT2D eigenvalue weighted by atomic mass is 32.2. The maximum absolute atomic E-state index is 12.0. The van der Waals surface area contributed by atoms with E-state index in [4.69, 9.17) is 0 Å². The molecule has 2 heterocycles. The fourth-order valence-electron chi connectivity index (χ4n) is 1.66. The highest BCUT2D eigenvalue weighted by Crippen LogP contribution is 2.25. The molecule has 3 nitrogen and oxygen atoms in total. The van der Waals surface area contributed by atoms with Crippen LogP contribution < -0.4 is 5.32 Å². The molecule has 3 rings (SSSR count). The molecule has 0 atom stereocenters. The van der Waals surface area contributed by atoms with Gasteiger partial charge < -0.3 is 5.32 Å². The van der Waals surface area contributed by atoms with E-state index >= 15 is 0 Å². The molecule has 5 heteroatoms. The van der Waals surface area contributed by atoms with Crippen LogP contribution in [-0.4, -0.2) is 23.4 Å². The molecule has 86 valence electrons. The third-order valence-corrected chi connectivity index (χ3v) is 4.46. The van der Waals surface area contributed by atoms with Gasteiger partial charge in [-0.05, 0) is 17.5 Å². The second kappa shape index (κ2) is 4.50. The molecule has 0 radical (unpaired) electrons. The molecule has 0 spiro atoms. The number of thiophene rings is 1. The summed E-state index contributed by atoms with van der Waals surface area (Å²) < 4.78 is 1.14. The average molecular weight is 262 g/mol. The molecular formula is C12H10N2OS2. The molecule has 1 aliphatic heterocycles. The van der Waals surface area contributed by atoms with Gasteiger partial charge in [-0.25, -0.2) is 0 Å². The zero-order chi connectivity index (χ0) is 11.7. The van der Waals surface area contributed by atoms with Gasteiger partial charge in [0.05, 0.1) is 11.4 Å². The molecule has 1 amide bonds. The Bertz CT molecular complexity index is 570. The van der Waals surface area contributed by atoms with Crippen LogP contribution in [0.2, 0.25) is 0 Å². The fourth-order valence-corrected chi connectivity index (χ4v) is 3.34. The summed E-state index contributed by atoms with van der Waals surface area (Å²) in [5.41, 5.74) is 0. The van der Waals surface area contributed by atoms with E-state index in [1.54, 1.807) is 11.8 Å². The van der Waals surface area contributed by atoms with Crippen molar-refractivity contribution >= 4 is 44.3 Å². The first-order chi connectivity index (χ1) is 8.33. The molecule has 0 saturated heterocycles. The molecular weight excluding hydrogens is 252 g/mol. The summed E-state index contributed by atoms with van der Waals surface area (Å²) in [6.45, 7) is 0.798. The summed E-state index contributed by atoms with van der Waals surface area (Å²) in [5.74, 6) is 0.904. The van der Waals surface area contributed by atoms with Crippen molar-refractivity contribution in [2.24, 2.45) is 4.99 Å². The predicted octanol–water partition coefficient (Wildman–Crippen LogP) is 2.73. The number of hydrogen-bond donors (Lipinski definition) is 1. The predicted molar refractivity (Wildman–Crippen MR) is 74.1 cm³/mol. The van der Waals surface area contributed by atoms with Crippen LogP contribution in [0, 0.1) is 0 Å². The third kappa shape index (κ3) is 2.21. The summed E-state index contributed by atoms with van der Waals surface area (Å²) in [7, 11) is 0. The summed E-state index contributed by atoms with van der Waals surface area (Å²) >= 11 is 3.11. The Kier molecular flexibility index (Phi) is 2.86. The second-order valence-electron chi connectivity index (χ2n) is 3.64. The Hall–Kier alpha value is -1.33. The Morgan fingerprint density at radius 3 is 3.00 bits per heavy atom. The van der Waals surface area contributed by atoms with Crippen molar-refractivity contribution in [3.63, 3.8) is 0 Å². The van der Waals surface area contributed by atoms with Crippen LogP contribution >= 0.6 is 23.1 Å². The van der Waals surface area contributed by atoms with E-state index in [1.807, 2.05) is 30.3 Å². The molecule has 0 bridgehead atoms. The lowest BCUT2D eigenvalue weighted by Gasteiger charge is -2.00. The number of thioether (sulfide) groups is 1. The first-order valence-electron chi connectivity index (χ1n) is 5.30. The van der Waals surface area contributed by atoms with Crippen LogP contribution in [-0.2, 0) is 0 Å². The largest absolute Gasteiger partial charge is 0.301 e. The lowest BCUT2D eigenvalue weighted by atomic mass is 10.2. The number of aliphatic imine (C=N–C) groups is 1. The molecule has 1 aromatic heterocycles. The normalized spacial score (nSPS) is 14.9. The van der Waals surface area contributed by atoms with E-state index in [1.165, 1.54) is 11.3 Å². The van der Waals surface area contributed by atoms with E-state index in [9.17, 15) is 4.79 Å². The van der Waals surface area contributed by atoms with Crippen molar-refractivity contribution in [1.29, 1.82) is 0 Å². The summed E-state index contributed by atoms with van der Waals surface area (Å²) in [4.78, 5) is 16.9. The Labute approximate surface area is 107 Å². The van der Waals surface area contributed by atoms with Crippen LogP contribution in [0.4, 0.5) is 0 Å². The Morgan fingerprint density at radius 2 is 2.24 bits per heavy atom. The van der Waals surface area contributed by atoms with E-state index in [0.717, 1.165) is 32.4 Å². The number of nitrogens with zero attached hydrogens (tertiary/aromatic N) is 1. The van der Waals surface area contributed by atoms with Gasteiger partial charge in [-0.3, -0.25) is 9.79 Å². The number of carbonyl (C=O) groups excluding carboxylic acids is 1. The second-order valence-corrected chi connectivity index (χ2v) is 5.81. The molecule has 1 aromatic carbocycles. The molecule has 17 heavy (non-hydrogen) atoms. The maximum atomic E-state index is 12.0. The van der Waals surface area contributed by atoms with E-state index in [0.29, 0.717) is 0 Å². The molecule has 2 aromatic rings. The van der Waals surface area contributed by atoms with Crippen molar-refractivity contribution in [3.8, 4) is 0 Å². The number of hydrogen-bond acceptors (Lipinski definition) is 4. The Balaban J connectivity index is 1.85. The zero-order valence-corrected chi connectivity index (χ0v) is 10.6.